The van der Waals surface area contributed by atoms with Crippen LogP contribution in [0.1, 0.15) is 27.2 Å². The number of nitrogens with one attached hydrogen (secondary N) is 2. The maximum Gasteiger partial charge on any atom is 0.244 e. The Kier molecular flexibility index (Phi) is 6.12. The highest BCUT2D eigenvalue weighted by atomic mass is 32.2. The third kappa shape index (κ3) is 4.94. The maximum absolute atomic E-state index is 12.5. The highest BCUT2D eigenvalue weighted by Gasteiger charge is 2.25. The number of pyridine rings is 1. The minimum absolute atomic E-state index is 0.188. The first-order valence-corrected chi connectivity index (χ1v) is 8.55. The van der Waals surface area contributed by atoms with Crippen molar-refractivity contribution in [3.05, 3.63) is 18.3 Å². The first kappa shape index (κ1) is 17.9. The Morgan fingerprint density at radius 1 is 1.33 bits per heavy atom. The molecule has 0 amide bonds. The normalized spacial score (nSPS) is 12.7. The van der Waals surface area contributed by atoms with Crippen molar-refractivity contribution < 1.29 is 8.42 Å². The van der Waals surface area contributed by atoms with Crippen molar-refractivity contribution in [3.8, 4) is 0 Å². The van der Waals surface area contributed by atoms with E-state index in [1.807, 2.05) is 39.8 Å². The summed E-state index contributed by atoms with van der Waals surface area (Å²) < 4.78 is 27.6. The smallest absolute Gasteiger partial charge is 0.244 e. The molecular formula is C14H26N4O2S. The van der Waals surface area contributed by atoms with Crippen LogP contribution < -0.4 is 10.0 Å². The Morgan fingerprint density at radius 3 is 2.57 bits per heavy atom. The summed E-state index contributed by atoms with van der Waals surface area (Å²) in [4.78, 5) is 6.29. The van der Waals surface area contributed by atoms with E-state index in [1.165, 1.54) is 0 Å². The lowest BCUT2D eigenvalue weighted by Crippen LogP contribution is -2.48. The number of nitrogens with zero attached hydrogens (tertiary/aromatic N) is 2. The van der Waals surface area contributed by atoms with Crippen LogP contribution in [-0.4, -0.2) is 51.0 Å². The van der Waals surface area contributed by atoms with E-state index in [0.717, 1.165) is 6.42 Å². The molecule has 1 heterocycles. The second kappa shape index (κ2) is 7.20. The van der Waals surface area contributed by atoms with Crippen LogP contribution >= 0.6 is 0 Å². The molecule has 0 fully saturated rings. The number of rotatable bonds is 8. The van der Waals surface area contributed by atoms with Crippen LogP contribution in [0.15, 0.2) is 23.2 Å². The van der Waals surface area contributed by atoms with Crippen molar-refractivity contribution in [3.63, 3.8) is 0 Å². The molecule has 0 unspecified atom stereocenters. The molecule has 2 N–H and O–H groups in total. The molecule has 1 aromatic rings. The fourth-order valence-corrected chi connectivity index (χ4v) is 2.83. The van der Waals surface area contributed by atoms with Gasteiger partial charge >= 0.3 is 0 Å². The van der Waals surface area contributed by atoms with Crippen molar-refractivity contribution in [1.29, 1.82) is 0 Å². The van der Waals surface area contributed by atoms with Gasteiger partial charge in [-0.05, 0) is 46.5 Å². The number of aromatic nitrogens is 1. The van der Waals surface area contributed by atoms with Gasteiger partial charge in [-0.2, -0.15) is 0 Å². The molecule has 0 aliphatic rings. The summed E-state index contributed by atoms with van der Waals surface area (Å²) in [5.41, 5.74) is -0.272. The molecule has 0 spiro atoms. The molecule has 6 nitrogen and oxygen atoms in total. The average molecular weight is 314 g/mol. The lowest BCUT2D eigenvalue weighted by molar-refractivity contribution is 0.199. The molecule has 1 aromatic heterocycles. The first-order valence-electron chi connectivity index (χ1n) is 7.06. The van der Waals surface area contributed by atoms with Gasteiger partial charge in [-0.25, -0.2) is 18.1 Å². The molecule has 0 aromatic carbocycles. The van der Waals surface area contributed by atoms with E-state index < -0.39 is 10.0 Å². The summed E-state index contributed by atoms with van der Waals surface area (Å²) in [5, 5.41) is 3.05. The van der Waals surface area contributed by atoms with Gasteiger partial charge in [-0.3, -0.25) is 0 Å². The van der Waals surface area contributed by atoms with Crippen LogP contribution in [0.4, 0.5) is 5.82 Å². The second-order valence-electron chi connectivity index (χ2n) is 5.81. The molecular weight excluding hydrogens is 288 g/mol. The monoisotopic (exact) mass is 314 g/mol. The molecule has 7 heteroatoms. The van der Waals surface area contributed by atoms with Crippen molar-refractivity contribution in [2.24, 2.45) is 0 Å². The molecule has 0 aliphatic heterocycles. The Bertz CT molecular complexity index is 556. The van der Waals surface area contributed by atoms with Gasteiger partial charge in [-0.1, -0.05) is 6.92 Å². The van der Waals surface area contributed by atoms with Crippen LogP contribution in [0.25, 0.3) is 0 Å². The zero-order chi connectivity index (χ0) is 16.1. The molecule has 0 bridgehead atoms. The van der Waals surface area contributed by atoms with E-state index in [-0.39, 0.29) is 10.4 Å². The standard InChI is InChI=1S/C14H26N4O2S/c1-6-9-15-13-12(8-7-10-16-13)21(19,20)17-11-14(2,3)18(4)5/h7-8,10,17H,6,9,11H2,1-5H3,(H,15,16). The van der Waals surface area contributed by atoms with E-state index in [1.54, 1.807) is 18.3 Å². The summed E-state index contributed by atoms with van der Waals surface area (Å²) in [6.45, 7) is 6.99. The third-order valence-electron chi connectivity index (χ3n) is 3.51. The molecule has 0 aliphatic carbocycles. The summed E-state index contributed by atoms with van der Waals surface area (Å²) in [7, 11) is 0.257. The summed E-state index contributed by atoms with van der Waals surface area (Å²) >= 11 is 0. The van der Waals surface area contributed by atoms with Gasteiger partial charge in [0.1, 0.15) is 10.7 Å². The van der Waals surface area contributed by atoms with E-state index in [4.69, 9.17) is 0 Å². The predicted molar refractivity (Wildman–Crippen MR) is 86.0 cm³/mol. The van der Waals surface area contributed by atoms with E-state index >= 15 is 0 Å². The van der Waals surface area contributed by atoms with Gasteiger partial charge in [0, 0.05) is 24.8 Å². The minimum Gasteiger partial charge on any atom is -0.369 e. The Labute approximate surface area is 128 Å². The van der Waals surface area contributed by atoms with Gasteiger partial charge in [0.25, 0.3) is 0 Å². The summed E-state index contributed by atoms with van der Waals surface area (Å²) in [6.07, 6.45) is 2.48. The number of sulfonamides is 1. The molecule has 120 valence electrons. The molecule has 1 rings (SSSR count). The van der Waals surface area contributed by atoms with Crippen molar-refractivity contribution >= 4 is 15.8 Å². The zero-order valence-electron chi connectivity index (χ0n) is 13.5. The Morgan fingerprint density at radius 2 is 2.00 bits per heavy atom. The number of likely N-dealkylation sites (N-methyl/N-ethyl adjacent to an activating group) is 1. The maximum atomic E-state index is 12.5. The lowest BCUT2D eigenvalue weighted by atomic mass is 10.1. The van der Waals surface area contributed by atoms with Gasteiger partial charge in [0.2, 0.25) is 10.0 Å². The topological polar surface area (TPSA) is 74.3 Å². The molecule has 0 saturated carbocycles. The fraction of sp³-hybridized carbons (Fsp3) is 0.643. The number of hydrogen-bond acceptors (Lipinski definition) is 5. The lowest BCUT2D eigenvalue weighted by Gasteiger charge is -2.32. The third-order valence-corrected chi connectivity index (χ3v) is 4.94. The Balaban J connectivity index is 2.93. The van der Waals surface area contributed by atoms with Crippen molar-refractivity contribution in [2.75, 3.05) is 32.5 Å². The highest BCUT2D eigenvalue weighted by molar-refractivity contribution is 7.89. The predicted octanol–water partition coefficient (Wildman–Crippen LogP) is 1.52. The summed E-state index contributed by atoms with van der Waals surface area (Å²) in [6, 6.07) is 3.19. The summed E-state index contributed by atoms with van der Waals surface area (Å²) in [5.74, 6) is 0.398. The van der Waals surface area contributed by atoms with E-state index in [0.29, 0.717) is 18.9 Å². The number of anilines is 1. The molecule has 0 radical (unpaired) electrons. The first-order chi connectivity index (χ1) is 9.70. The van der Waals surface area contributed by atoms with Crippen molar-refractivity contribution in [1.82, 2.24) is 14.6 Å². The SMILES string of the molecule is CCCNc1ncccc1S(=O)(=O)NCC(C)(C)N(C)C. The van der Waals surface area contributed by atoms with Gasteiger partial charge in [0.05, 0.1) is 0 Å². The molecule has 0 atom stereocenters. The molecule has 0 saturated heterocycles. The van der Waals surface area contributed by atoms with Crippen LogP contribution in [0.5, 0.6) is 0 Å². The Hall–Kier alpha value is -1.18. The van der Waals surface area contributed by atoms with Gasteiger partial charge in [-0.15, -0.1) is 0 Å². The minimum atomic E-state index is -3.59. The average Bonchev–Trinajstić information content (AvgIpc) is 2.43. The van der Waals surface area contributed by atoms with Crippen LogP contribution in [-0.2, 0) is 10.0 Å². The van der Waals surface area contributed by atoms with Crippen molar-refractivity contribution in [2.45, 2.75) is 37.6 Å². The van der Waals surface area contributed by atoms with Gasteiger partial charge in [0.15, 0.2) is 0 Å². The van der Waals surface area contributed by atoms with Gasteiger partial charge < -0.3 is 10.2 Å². The second-order valence-corrected chi connectivity index (χ2v) is 7.54. The number of hydrogen-bond donors (Lipinski definition) is 2. The fourth-order valence-electron chi connectivity index (χ4n) is 1.49. The zero-order valence-corrected chi connectivity index (χ0v) is 14.3. The quantitative estimate of drug-likeness (QED) is 0.761. The largest absolute Gasteiger partial charge is 0.369 e. The van der Waals surface area contributed by atoms with Crippen LogP contribution in [0, 0.1) is 0 Å². The molecule has 21 heavy (non-hydrogen) atoms. The van der Waals surface area contributed by atoms with Crippen LogP contribution in [0.2, 0.25) is 0 Å². The van der Waals surface area contributed by atoms with Crippen LogP contribution in [0.3, 0.4) is 0 Å². The van der Waals surface area contributed by atoms with E-state index in [9.17, 15) is 8.42 Å². The van der Waals surface area contributed by atoms with E-state index in [2.05, 4.69) is 15.0 Å². The highest BCUT2D eigenvalue weighted by Crippen LogP contribution is 2.18.